The Morgan fingerprint density at radius 2 is 1.88 bits per heavy atom. The lowest BCUT2D eigenvalue weighted by Crippen LogP contribution is -2.57. The van der Waals surface area contributed by atoms with Gasteiger partial charge in [-0.1, -0.05) is 30.3 Å². The molecule has 0 radical (unpaired) electrons. The Labute approximate surface area is 154 Å². The first kappa shape index (κ1) is 19.6. The second-order valence-electron chi connectivity index (χ2n) is 7.18. The van der Waals surface area contributed by atoms with Crippen LogP contribution in [0.25, 0.3) is 0 Å². The summed E-state index contributed by atoms with van der Waals surface area (Å²) in [5, 5.41) is 9.06. The van der Waals surface area contributed by atoms with Crippen LogP contribution in [0.15, 0.2) is 30.3 Å². The van der Waals surface area contributed by atoms with Crippen molar-refractivity contribution in [1.29, 1.82) is 5.26 Å². The molecule has 0 aromatic heterocycles. The Morgan fingerprint density at radius 1 is 1.19 bits per heavy atom. The molecule has 1 aliphatic rings. The van der Waals surface area contributed by atoms with Crippen LogP contribution in [0.3, 0.4) is 0 Å². The van der Waals surface area contributed by atoms with Crippen molar-refractivity contribution in [3.05, 3.63) is 35.9 Å². The molecule has 1 fully saturated rings. The minimum atomic E-state index is -0.611. The van der Waals surface area contributed by atoms with Crippen LogP contribution in [-0.2, 0) is 16.1 Å². The lowest BCUT2D eigenvalue weighted by Gasteiger charge is -2.40. The van der Waals surface area contributed by atoms with Gasteiger partial charge in [0.15, 0.2) is 0 Å². The highest BCUT2D eigenvalue weighted by atomic mass is 16.6. The monoisotopic (exact) mass is 359 g/mol. The fourth-order valence-corrected chi connectivity index (χ4v) is 2.67. The van der Waals surface area contributed by atoms with Gasteiger partial charge in [0.25, 0.3) is 0 Å². The predicted octanol–water partition coefficient (Wildman–Crippen LogP) is 3.16. The van der Waals surface area contributed by atoms with Crippen LogP contribution < -0.4 is 0 Å². The van der Waals surface area contributed by atoms with Gasteiger partial charge in [0.1, 0.15) is 12.2 Å². The average Bonchev–Trinajstić information content (AvgIpc) is 2.59. The predicted molar refractivity (Wildman–Crippen MR) is 95.2 cm³/mol. The van der Waals surface area contributed by atoms with Gasteiger partial charge < -0.3 is 19.3 Å². The van der Waals surface area contributed by atoms with Gasteiger partial charge in [-0.3, -0.25) is 0 Å². The van der Waals surface area contributed by atoms with Crippen molar-refractivity contribution in [2.45, 2.75) is 45.4 Å². The molecule has 140 valence electrons. The largest absolute Gasteiger partial charge is 0.445 e. The van der Waals surface area contributed by atoms with Gasteiger partial charge in [0, 0.05) is 19.6 Å². The zero-order chi connectivity index (χ0) is 19.2. The summed E-state index contributed by atoms with van der Waals surface area (Å²) in [5.74, 6) is 0. The average molecular weight is 359 g/mol. The Bertz CT molecular complexity index is 664. The summed E-state index contributed by atoms with van der Waals surface area (Å²) in [4.78, 5) is 27.7. The van der Waals surface area contributed by atoms with E-state index in [-0.39, 0.29) is 19.6 Å². The van der Waals surface area contributed by atoms with E-state index in [1.165, 1.54) is 9.80 Å². The molecule has 0 bridgehead atoms. The number of carbonyl (C=O) groups excluding carboxylic acids is 2. The van der Waals surface area contributed by atoms with Crippen LogP contribution in [0.1, 0.15) is 32.8 Å². The summed E-state index contributed by atoms with van der Waals surface area (Å²) in [6.45, 7) is 6.47. The Balaban J connectivity index is 1.94. The third-order valence-electron chi connectivity index (χ3n) is 3.90. The molecule has 1 aliphatic heterocycles. The van der Waals surface area contributed by atoms with Gasteiger partial charge in [-0.05, 0) is 26.3 Å². The van der Waals surface area contributed by atoms with Crippen molar-refractivity contribution in [3.8, 4) is 6.07 Å². The van der Waals surface area contributed by atoms with Crippen molar-refractivity contribution < 1.29 is 19.1 Å². The summed E-state index contributed by atoms with van der Waals surface area (Å²) in [6.07, 6.45) is -0.780. The molecule has 0 spiro atoms. The molecular formula is C19H25N3O4. The van der Waals surface area contributed by atoms with Crippen molar-refractivity contribution in [2.24, 2.45) is 0 Å². The molecule has 7 heteroatoms. The van der Waals surface area contributed by atoms with E-state index in [9.17, 15) is 9.59 Å². The number of rotatable bonds is 3. The molecule has 1 atom stereocenters. The molecule has 0 N–H and O–H groups in total. The minimum Gasteiger partial charge on any atom is -0.445 e. The lowest BCUT2D eigenvalue weighted by atomic mass is 10.1. The molecule has 7 nitrogen and oxygen atoms in total. The van der Waals surface area contributed by atoms with Gasteiger partial charge in [-0.25, -0.2) is 9.59 Å². The van der Waals surface area contributed by atoms with E-state index < -0.39 is 23.8 Å². The summed E-state index contributed by atoms with van der Waals surface area (Å²) in [5.41, 5.74) is 0.293. The first-order valence-electron chi connectivity index (χ1n) is 8.62. The topological polar surface area (TPSA) is 82.9 Å². The van der Waals surface area contributed by atoms with Crippen LogP contribution in [0, 0.1) is 11.3 Å². The van der Waals surface area contributed by atoms with Gasteiger partial charge in [0.05, 0.1) is 18.5 Å². The Kier molecular flexibility index (Phi) is 6.45. The van der Waals surface area contributed by atoms with Crippen molar-refractivity contribution in [3.63, 3.8) is 0 Å². The van der Waals surface area contributed by atoms with E-state index in [4.69, 9.17) is 14.7 Å². The van der Waals surface area contributed by atoms with Gasteiger partial charge in [-0.15, -0.1) is 0 Å². The standard InChI is InChI=1S/C19H25N3O4/c1-19(2,3)26-18(24)22-12-11-21(13-16(22)9-10-20)17(23)25-14-15-7-5-4-6-8-15/h4-8,16H,9,11-14H2,1-3H3/t16-/m1/s1. The number of nitriles is 1. The fraction of sp³-hybridized carbons (Fsp3) is 0.526. The first-order chi connectivity index (χ1) is 12.3. The van der Waals surface area contributed by atoms with Crippen molar-refractivity contribution in [2.75, 3.05) is 19.6 Å². The van der Waals surface area contributed by atoms with Crippen molar-refractivity contribution >= 4 is 12.2 Å². The second-order valence-corrected chi connectivity index (χ2v) is 7.18. The number of amides is 2. The number of hydrogen-bond acceptors (Lipinski definition) is 5. The molecule has 1 saturated heterocycles. The minimum absolute atomic E-state index is 0.127. The van der Waals surface area contributed by atoms with Gasteiger partial charge in [0.2, 0.25) is 0 Å². The third kappa shape index (κ3) is 5.66. The SMILES string of the molecule is CC(C)(C)OC(=O)N1CCN(C(=O)OCc2ccccc2)C[C@H]1CC#N. The van der Waals surface area contributed by atoms with E-state index in [1.807, 2.05) is 30.3 Å². The van der Waals surface area contributed by atoms with Gasteiger partial charge in [-0.2, -0.15) is 5.26 Å². The molecule has 0 aliphatic carbocycles. The molecule has 2 amide bonds. The van der Waals surface area contributed by atoms with Crippen LogP contribution >= 0.6 is 0 Å². The van der Waals surface area contributed by atoms with Crippen LogP contribution in [0.2, 0.25) is 0 Å². The summed E-state index contributed by atoms with van der Waals surface area (Å²) >= 11 is 0. The number of piperazine rings is 1. The van der Waals surface area contributed by atoms with Crippen LogP contribution in [0.4, 0.5) is 9.59 Å². The van der Waals surface area contributed by atoms with Crippen molar-refractivity contribution in [1.82, 2.24) is 9.80 Å². The number of benzene rings is 1. The highest BCUT2D eigenvalue weighted by Gasteiger charge is 2.35. The normalized spacial score (nSPS) is 17.4. The van der Waals surface area contributed by atoms with E-state index in [2.05, 4.69) is 6.07 Å². The molecule has 2 rings (SSSR count). The maximum atomic E-state index is 12.3. The van der Waals surface area contributed by atoms with Gasteiger partial charge >= 0.3 is 12.2 Å². The zero-order valence-electron chi connectivity index (χ0n) is 15.5. The summed E-state index contributed by atoms with van der Waals surface area (Å²) in [6, 6.07) is 11.1. The molecule has 1 heterocycles. The molecule has 1 aromatic carbocycles. The number of ether oxygens (including phenoxy) is 2. The molecule has 26 heavy (non-hydrogen) atoms. The number of nitrogens with zero attached hydrogens (tertiary/aromatic N) is 3. The maximum absolute atomic E-state index is 12.3. The molecule has 1 aromatic rings. The van der Waals surface area contributed by atoms with E-state index in [1.54, 1.807) is 20.8 Å². The highest BCUT2D eigenvalue weighted by molar-refractivity contribution is 5.71. The summed E-state index contributed by atoms with van der Waals surface area (Å²) in [7, 11) is 0. The Morgan fingerprint density at radius 3 is 2.50 bits per heavy atom. The maximum Gasteiger partial charge on any atom is 0.410 e. The Hall–Kier alpha value is -2.75. The summed E-state index contributed by atoms with van der Waals surface area (Å²) < 4.78 is 10.7. The highest BCUT2D eigenvalue weighted by Crippen LogP contribution is 2.18. The van der Waals surface area contributed by atoms with Crippen LogP contribution in [0.5, 0.6) is 0 Å². The van der Waals surface area contributed by atoms with Crippen LogP contribution in [-0.4, -0.2) is 53.3 Å². The lowest BCUT2D eigenvalue weighted by molar-refractivity contribution is -0.00241. The third-order valence-corrected chi connectivity index (χ3v) is 3.90. The number of hydrogen-bond donors (Lipinski definition) is 0. The number of carbonyl (C=O) groups is 2. The molecular weight excluding hydrogens is 334 g/mol. The quantitative estimate of drug-likeness (QED) is 0.828. The molecule has 0 saturated carbocycles. The van der Waals surface area contributed by atoms with E-state index in [0.717, 1.165) is 5.56 Å². The second kappa shape index (κ2) is 8.56. The molecule has 0 unspecified atom stereocenters. The first-order valence-corrected chi connectivity index (χ1v) is 8.62. The fourth-order valence-electron chi connectivity index (χ4n) is 2.67. The van der Waals surface area contributed by atoms with E-state index >= 15 is 0 Å². The smallest absolute Gasteiger partial charge is 0.410 e. The van der Waals surface area contributed by atoms with E-state index in [0.29, 0.717) is 13.1 Å². The zero-order valence-corrected chi connectivity index (χ0v) is 15.5.